The minimum atomic E-state index is 0.563. The van der Waals surface area contributed by atoms with Crippen LogP contribution >= 0.6 is 0 Å². The second kappa shape index (κ2) is 3.27. The fourth-order valence-electron chi connectivity index (χ4n) is 0.615. The van der Waals surface area contributed by atoms with Gasteiger partial charge in [0.1, 0.15) is 0 Å². The molecule has 0 aliphatic rings. The maximum atomic E-state index is 5.08. The molecule has 0 aliphatic carbocycles. The summed E-state index contributed by atoms with van der Waals surface area (Å²) in [6.45, 7) is 2.46. The molecule has 0 atom stereocenters. The maximum absolute atomic E-state index is 5.08. The van der Waals surface area contributed by atoms with E-state index in [2.05, 4.69) is 15.3 Å². The van der Waals surface area contributed by atoms with Crippen LogP contribution in [0.5, 0.6) is 0 Å². The molecule has 0 aromatic carbocycles. The normalized spacial score (nSPS) is 9.80. The van der Waals surface area contributed by atoms with Crippen LogP contribution in [-0.4, -0.2) is 9.97 Å². The fourth-order valence-corrected chi connectivity index (χ4v) is 0.615. The van der Waals surface area contributed by atoms with Crippen molar-refractivity contribution in [2.75, 3.05) is 0 Å². The lowest BCUT2D eigenvalue weighted by Gasteiger charge is -1.96. The van der Waals surface area contributed by atoms with Crippen LogP contribution in [0.4, 0.5) is 0 Å². The molecule has 10 heavy (non-hydrogen) atoms. The van der Waals surface area contributed by atoms with E-state index in [9.17, 15) is 0 Å². The van der Waals surface area contributed by atoms with E-state index < -0.39 is 0 Å². The summed E-state index contributed by atoms with van der Waals surface area (Å²) in [6.07, 6.45) is 3.42. The molecule has 52 valence electrons. The molecule has 1 aromatic heterocycles. The number of hydrogen-bond acceptors (Lipinski definition) is 3. The van der Waals surface area contributed by atoms with Gasteiger partial charge in [0.25, 0.3) is 0 Å². The van der Waals surface area contributed by atoms with E-state index in [1.165, 1.54) is 0 Å². The first-order valence-corrected chi connectivity index (χ1v) is 3.04. The monoisotopic (exact) mass is 135 g/mol. The van der Waals surface area contributed by atoms with Crippen LogP contribution in [0.1, 0.15) is 11.4 Å². The average Bonchev–Trinajstić information content (AvgIpc) is 1.95. The average molecular weight is 135 g/mol. The number of hydrogen-bond donors (Lipinski definition) is 1. The Morgan fingerprint density at radius 3 is 2.80 bits per heavy atom. The first kappa shape index (κ1) is 7.15. The maximum Gasteiger partial charge on any atom is 0.0724 e. The summed E-state index contributed by atoms with van der Waals surface area (Å²) in [6, 6.07) is 0. The topological polar surface area (TPSA) is 37.8 Å². The lowest BCUT2D eigenvalue weighted by molar-refractivity contribution is 0.819. The zero-order valence-electron chi connectivity index (χ0n) is 5.83. The highest BCUT2D eigenvalue weighted by molar-refractivity contribution is 4.99. The van der Waals surface area contributed by atoms with Crippen LogP contribution in [-0.2, 0) is 6.54 Å². The Bertz CT molecular complexity index is 193. The van der Waals surface area contributed by atoms with Crippen molar-refractivity contribution in [1.82, 2.24) is 15.3 Å². The lowest BCUT2D eigenvalue weighted by atomic mass is 10.4. The lowest BCUT2D eigenvalue weighted by Crippen LogP contribution is -2.04. The first-order chi connectivity index (χ1) is 4.83. The fraction of sp³-hybridized carbons (Fsp3) is 0.286. The Balaban J connectivity index is 2.69. The predicted octanol–water partition coefficient (Wildman–Crippen LogP) is 0.543. The van der Waals surface area contributed by atoms with Gasteiger partial charge in [0, 0.05) is 26.0 Å². The molecular weight excluding hydrogens is 126 g/mol. The Morgan fingerprint density at radius 2 is 2.30 bits per heavy atom. The molecule has 0 aliphatic heterocycles. The molecule has 0 unspecified atom stereocenters. The van der Waals surface area contributed by atoms with Gasteiger partial charge in [-0.15, -0.1) is 0 Å². The second-order valence-corrected chi connectivity index (χ2v) is 2.03. The van der Waals surface area contributed by atoms with Crippen LogP contribution in [0.15, 0.2) is 12.4 Å². The van der Waals surface area contributed by atoms with Gasteiger partial charge in [0.05, 0.1) is 11.4 Å². The molecule has 1 rings (SSSR count). The molecule has 3 heteroatoms. The highest BCUT2D eigenvalue weighted by atomic mass is 14.9. The van der Waals surface area contributed by atoms with E-state index in [1.807, 2.05) is 6.92 Å². The quantitative estimate of drug-likeness (QED) is 0.601. The van der Waals surface area contributed by atoms with Crippen LogP contribution in [0, 0.1) is 14.0 Å². The summed E-state index contributed by atoms with van der Waals surface area (Å²) in [5.74, 6) is 0. The van der Waals surface area contributed by atoms with Crippen molar-refractivity contribution in [1.29, 1.82) is 0 Å². The van der Waals surface area contributed by atoms with Crippen molar-refractivity contribution >= 4 is 0 Å². The van der Waals surface area contributed by atoms with Crippen molar-refractivity contribution < 1.29 is 0 Å². The van der Waals surface area contributed by atoms with E-state index in [-0.39, 0.29) is 0 Å². The molecule has 3 nitrogen and oxygen atoms in total. The number of rotatable bonds is 2. The summed E-state index contributed by atoms with van der Waals surface area (Å²) in [7, 11) is 5.08. The van der Waals surface area contributed by atoms with Crippen molar-refractivity contribution in [3.63, 3.8) is 0 Å². The Hall–Kier alpha value is -0.960. The van der Waals surface area contributed by atoms with Gasteiger partial charge in [-0.1, -0.05) is 0 Å². The van der Waals surface area contributed by atoms with Crippen molar-refractivity contribution in [3.05, 3.63) is 30.8 Å². The van der Waals surface area contributed by atoms with Gasteiger partial charge in [-0.25, -0.2) is 0 Å². The Labute approximate surface area is 60.5 Å². The van der Waals surface area contributed by atoms with E-state index in [4.69, 9.17) is 7.05 Å². The molecule has 1 aromatic rings. The zero-order chi connectivity index (χ0) is 7.40. The molecule has 0 amide bonds. The number of aromatic nitrogens is 2. The smallest absolute Gasteiger partial charge is 0.0724 e. The third-order valence-corrected chi connectivity index (χ3v) is 1.12. The third kappa shape index (κ3) is 1.77. The second-order valence-electron chi connectivity index (χ2n) is 2.03. The van der Waals surface area contributed by atoms with Gasteiger partial charge < -0.3 is 5.32 Å². The van der Waals surface area contributed by atoms with Crippen molar-refractivity contribution in [2.45, 2.75) is 13.5 Å². The van der Waals surface area contributed by atoms with Gasteiger partial charge in [-0.3, -0.25) is 9.97 Å². The third-order valence-electron chi connectivity index (χ3n) is 1.12. The predicted molar refractivity (Wildman–Crippen MR) is 37.9 cm³/mol. The van der Waals surface area contributed by atoms with E-state index >= 15 is 0 Å². The molecule has 0 spiro atoms. The number of nitrogens with one attached hydrogen (secondary N) is 1. The first-order valence-electron chi connectivity index (χ1n) is 3.04. The van der Waals surface area contributed by atoms with Gasteiger partial charge >= 0.3 is 0 Å². The highest BCUT2D eigenvalue weighted by Crippen LogP contribution is 1.91. The Kier molecular flexibility index (Phi) is 2.34. The van der Waals surface area contributed by atoms with E-state index in [1.54, 1.807) is 12.4 Å². The van der Waals surface area contributed by atoms with Crippen molar-refractivity contribution in [2.24, 2.45) is 0 Å². The standard InChI is InChI=1S/C7H9N3/c1-6-3-10-7(4-8-2)5-9-6/h2-3,5,8H,4H2,1H3. The molecule has 1 heterocycles. The van der Waals surface area contributed by atoms with Gasteiger partial charge in [0.2, 0.25) is 0 Å². The van der Waals surface area contributed by atoms with Crippen LogP contribution in [0.3, 0.4) is 0 Å². The number of aryl methyl sites for hydroxylation is 1. The van der Waals surface area contributed by atoms with Gasteiger partial charge in [0.15, 0.2) is 0 Å². The minimum absolute atomic E-state index is 0.563. The van der Waals surface area contributed by atoms with Gasteiger partial charge in [-0.05, 0) is 6.92 Å². The van der Waals surface area contributed by atoms with Gasteiger partial charge in [-0.2, -0.15) is 0 Å². The SMILES string of the molecule is [CH]NCc1cnc(C)cn1. The van der Waals surface area contributed by atoms with Crippen LogP contribution in [0.25, 0.3) is 0 Å². The summed E-state index contributed by atoms with van der Waals surface area (Å²) >= 11 is 0. The molecule has 2 radical (unpaired) electrons. The molecule has 0 saturated carbocycles. The summed E-state index contributed by atoms with van der Waals surface area (Å²) < 4.78 is 0. The highest BCUT2D eigenvalue weighted by Gasteiger charge is 1.90. The molecule has 1 N–H and O–H groups in total. The summed E-state index contributed by atoms with van der Waals surface area (Å²) in [5.41, 5.74) is 1.77. The minimum Gasteiger partial charge on any atom is -0.305 e. The van der Waals surface area contributed by atoms with Crippen molar-refractivity contribution in [3.8, 4) is 0 Å². The summed E-state index contributed by atoms with van der Waals surface area (Å²) in [4.78, 5) is 8.10. The molecular formula is C7H9N3. The summed E-state index contributed by atoms with van der Waals surface area (Å²) in [5, 5.41) is 2.50. The van der Waals surface area contributed by atoms with E-state index in [0.717, 1.165) is 11.4 Å². The molecule has 0 fully saturated rings. The van der Waals surface area contributed by atoms with Crippen LogP contribution < -0.4 is 5.32 Å². The Morgan fingerprint density at radius 1 is 1.50 bits per heavy atom. The molecule has 0 saturated heterocycles. The molecule has 0 bridgehead atoms. The zero-order valence-corrected chi connectivity index (χ0v) is 5.83. The van der Waals surface area contributed by atoms with Crippen LogP contribution in [0.2, 0.25) is 0 Å². The number of nitrogens with zero attached hydrogens (tertiary/aromatic N) is 2. The van der Waals surface area contributed by atoms with E-state index in [0.29, 0.717) is 6.54 Å². The largest absolute Gasteiger partial charge is 0.305 e.